The monoisotopic (exact) mass is 335 g/mol. The number of hydrogen-bond acceptors (Lipinski definition) is 2. The third-order valence-electron chi connectivity index (χ3n) is 5.41. The quantitative estimate of drug-likeness (QED) is 0.889. The average Bonchev–Trinajstić information content (AvgIpc) is 3.44. The Balaban J connectivity index is 1.24. The van der Waals surface area contributed by atoms with E-state index >= 15 is 0 Å². The first-order chi connectivity index (χ1) is 11.6. The van der Waals surface area contributed by atoms with Crippen LogP contribution >= 0.6 is 0 Å². The molecular weight excluding hydrogens is 312 g/mol. The van der Waals surface area contributed by atoms with Crippen LogP contribution in [0.5, 0.6) is 0 Å². The third kappa shape index (κ3) is 3.38. The van der Waals surface area contributed by atoms with Crippen LogP contribution in [0.1, 0.15) is 43.6 Å². The normalized spacial score (nSPS) is 27.8. The second-order valence-corrected chi connectivity index (χ2v) is 7.24. The maximum absolute atomic E-state index is 13.8. The molecule has 1 aromatic carbocycles. The van der Waals surface area contributed by atoms with Crippen molar-refractivity contribution in [3.8, 4) is 0 Å². The van der Waals surface area contributed by atoms with Crippen LogP contribution in [0.25, 0.3) is 0 Å². The van der Waals surface area contributed by atoms with Crippen molar-refractivity contribution in [3.05, 3.63) is 35.4 Å². The predicted octanol–water partition coefficient (Wildman–Crippen LogP) is 2.75. The van der Waals surface area contributed by atoms with Gasteiger partial charge in [-0.2, -0.15) is 0 Å². The van der Waals surface area contributed by atoms with Crippen LogP contribution in [-0.2, 0) is 0 Å². The van der Waals surface area contributed by atoms with Gasteiger partial charge in [0.1, 0.15) is 11.6 Å². The van der Waals surface area contributed by atoms with Gasteiger partial charge in [-0.25, -0.2) is 13.6 Å². The van der Waals surface area contributed by atoms with E-state index in [-0.39, 0.29) is 29.6 Å². The van der Waals surface area contributed by atoms with E-state index in [0.29, 0.717) is 6.42 Å². The van der Waals surface area contributed by atoms with E-state index in [4.69, 9.17) is 0 Å². The number of benzene rings is 1. The molecule has 1 aromatic rings. The van der Waals surface area contributed by atoms with E-state index in [0.717, 1.165) is 32.0 Å². The fraction of sp³-hybridized carbons (Fsp3) is 0.611. The zero-order valence-corrected chi connectivity index (χ0v) is 13.6. The molecule has 2 N–H and O–H groups in total. The first-order valence-corrected chi connectivity index (χ1v) is 8.87. The Bertz CT molecular complexity index is 606. The number of piperidine rings is 1. The fourth-order valence-corrected chi connectivity index (χ4v) is 3.78. The Morgan fingerprint density at radius 1 is 1.04 bits per heavy atom. The second-order valence-electron chi connectivity index (χ2n) is 7.24. The first kappa shape index (κ1) is 15.8. The highest BCUT2D eigenvalue weighted by Gasteiger charge is 2.43. The van der Waals surface area contributed by atoms with E-state index in [2.05, 4.69) is 15.5 Å². The molecule has 2 aliphatic carbocycles. The summed E-state index contributed by atoms with van der Waals surface area (Å²) in [6.45, 7) is 2.09. The van der Waals surface area contributed by atoms with Gasteiger partial charge in [-0.3, -0.25) is 0 Å². The third-order valence-corrected chi connectivity index (χ3v) is 5.41. The second kappa shape index (κ2) is 6.31. The van der Waals surface area contributed by atoms with Gasteiger partial charge in [0.15, 0.2) is 0 Å². The summed E-state index contributed by atoms with van der Waals surface area (Å²) in [6, 6.07) is 4.47. The Morgan fingerprint density at radius 2 is 1.71 bits per heavy atom. The summed E-state index contributed by atoms with van der Waals surface area (Å²) >= 11 is 0. The van der Waals surface area contributed by atoms with E-state index in [1.807, 2.05) is 0 Å². The molecule has 4 nitrogen and oxygen atoms in total. The lowest BCUT2D eigenvalue weighted by Crippen LogP contribution is -2.48. The number of nitrogens with zero attached hydrogens (tertiary/aromatic N) is 1. The first-order valence-electron chi connectivity index (χ1n) is 8.87. The smallest absolute Gasteiger partial charge is 0.315 e. The Kier molecular flexibility index (Phi) is 4.16. The molecule has 24 heavy (non-hydrogen) atoms. The van der Waals surface area contributed by atoms with Crippen molar-refractivity contribution in [2.75, 3.05) is 13.1 Å². The number of nitrogens with one attached hydrogen (secondary N) is 2. The molecule has 0 bridgehead atoms. The minimum absolute atomic E-state index is 0.0977. The van der Waals surface area contributed by atoms with Gasteiger partial charge in [0, 0.05) is 42.7 Å². The predicted molar refractivity (Wildman–Crippen MR) is 86.8 cm³/mol. The van der Waals surface area contributed by atoms with E-state index in [1.54, 1.807) is 0 Å². The molecule has 2 amide bonds. The summed E-state index contributed by atoms with van der Waals surface area (Å²) in [5.41, 5.74) is 0.0977. The zero-order valence-electron chi connectivity index (χ0n) is 13.6. The van der Waals surface area contributed by atoms with Gasteiger partial charge in [-0.1, -0.05) is 6.07 Å². The Hall–Kier alpha value is -1.69. The minimum atomic E-state index is -0.530. The van der Waals surface area contributed by atoms with Crippen LogP contribution in [0, 0.1) is 11.6 Å². The number of hydrogen-bond donors (Lipinski definition) is 2. The lowest BCUT2D eigenvalue weighted by molar-refractivity contribution is 0.186. The summed E-state index contributed by atoms with van der Waals surface area (Å²) in [4.78, 5) is 14.6. The highest BCUT2D eigenvalue weighted by molar-refractivity contribution is 5.75. The summed E-state index contributed by atoms with van der Waals surface area (Å²) in [5, 5.41) is 5.86. The zero-order chi connectivity index (χ0) is 16.7. The molecule has 2 atom stereocenters. The molecule has 1 heterocycles. The van der Waals surface area contributed by atoms with Crippen LogP contribution in [0.15, 0.2) is 18.2 Å². The van der Waals surface area contributed by atoms with Gasteiger partial charge in [0.05, 0.1) is 0 Å². The SMILES string of the molecule is O=C(NC1CCN(C2CC2)CC1)N[C@H]1C[C@@H]1c1c(F)cccc1F. The molecule has 0 unspecified atom stereocenters. The summed E-state index contributed by atoms with van der Waals surface area (Å²) in [5.74, 6) is -1.32. The number of halogens is 2. The van der Waals surface area contributed by atoms with Crippen LogP contribution < -0.4 is 10.6 Å². The van der Waals surface area contributed by atoms with Gasteiger partial charge in [-0.15, -0.1) is 0 Å². The molecular formula is C18H23F2N3O. The highest BCUT2D eigenvalue weighted by Crippen LogP contribution is 2.43. The van der Waals surface area contributed by atoms with Crippen molar-refractivity contribution < 1.29 is 13.6 Å². The maximum atomic E-state index is 13.8. The van der Waals surface area contributed by atoms with Crippen molar-refractivity contribution in [1.82, 2.24) is 15.5 Å². The summed E-state index contributed by atoms with van der Waals surface area (Å²) < 4.78 is 27.5. The van der Waals surface area contributed by atoms with Gasteiger partial charge < -0.3 is 15.5 Å². The van der Waals surface area contributed by atoms with Crippen LogP contribution in [-0.4, -0.2) is 42.1 Å². The molecule has 4 rings (SSSR count). The lowest BCUT2D eigenvalue weighted by Gasteiger charge is -2.32. The number of rotatable bonds is 4. The van der Waals surface area contributed by atoms with Gasteiger partial charge in [-0.05, 0) is 44.2 Å². The molecule has 3 fully saturated rings. The summed E-state index contributed by atoms with van der Waals surface area (Å²) in [6.07, 6.45) is 5.16. The molecule has 6 heteroatoms. The molecule has 3 aliphatic rings. The molecule has 2 saturated carbocycles. The van der Waals surface area contributed by atoms with Crippen molar-refractivity contribution in [2.45, 2.75) is 56.1 Å². The van der Waals surface area contributed by atoms with Crippen LogP contribution in [0.2, 0.25) is 0 Å². The van der Waals surface area contributed by atoms with E-state index in [1.165, 1.54) is 31.0 Å². The number of urea groups is 1. The van der Waals surface area contributed by atoms with Gasteiger partial charge in [0.25, 0.3) is 0 Å². The Morgan fingerprint density at radius 3 is 2.33 bits per heavy atom. The summed E-state index contributed by atoms with van der Waals surface area (Å²) in [7, 11) is 0. The van der Waals surface area contributed by atoms with E-state index in [9.17, 15) is 13.6 Å². The molecule has 1 saturated heterocycles. The number of carbonyl (C=O) groups is 1. The standard InChI is InChI=1S/C18H23F2N3O/c19-14-2-1-3-15(20)17(14)13-10-16(13)22-18(24)21-11-6-8-23(9-7-11)12-4-5-12/h1-3,11-13,16H,4-10H2,(H2,21,22,24)/t13-,16-/m0/s1. The van der Waals surface area contributed by atoms with Crippen molar-refractivity contribution in [3.63, 3.8) is 0 Å². The average molecular weight is 335 g/mol. The fourth-order valence-electron chi connectivity index (χ4n) is 3.78. The van der Waals surface area contributed by atoms with Gasteiger partial charge >= 0.3 is 6.03 Å². The lowest BCUT2D eigenvalue weighted by atomic mass is 10.1. The number of carbonyl (C=O) groups excluding carboxylic acids is 1. The molecule has 0 spiro atoms. The molecule has 1 aliphatic heterocycles. The van der Waals surface area contributed by atoms with Crippen molar-refractivity contribution >= 4 is 6.03 Å². The van der Waals surface area contributed by atoms with Gasteiger partial charge in [0.2, 0.25) is 0 Å². The number of amides is 2. The molecule has 0 aromatic heterocycles. The minimum Gasteiger partial charge on any atom is -0.335 e. The Labute approximate surface area is 140 Å². The maximum Gasteiger partial charge on any atom is 0.315 e. The van der Waals surface area contributed by atoms with Crippen LogP contribution in [0.4, 0.5) is 13.6 Å². The number of likely N-dealkylation sites (tertiary alicyclic amines) is 1. The highest BCUT2D eigenvalue weighted by atomic mass is 19.1. The van der Waals surface area contributed by atoms with Crippen LogP contribution in [0.3, 0.4) is 0 Å². The van der Waals surface area contributed by atoms with E-state index < -0.39 is 11.6 Å². The molecule has 130 valence electrons. The van der Waals surface area contributed by atoms with Crippen molar-refractivity contribution in [2.24, 2.45) is 0 Å². The molecule has 0 radical (unpaired) electrons. The largest absolute Gasteiger partial charge is 0.335 e. The topological polar surface area (TPSA) is 44.4 Å². The van der Waals surface area contributed by atoms with Crippen molar-refractivity contribution in [1.29, 1.82) is 0 Å².